The lowest BCUT2D eigenvalue weighted by Crippen LogP contribution is -2.37. The summed E-state index contributed by atoms with van der Waals surface area (Å²) >= 11 is 0. The van der Waals surface area contributed by atoms with Crippen LogP contribution in [0.1, 0.15) is 54.8 Å². The molecule has 3 rings (SSSR count). The zero-order chi connectivity index (χ0) is 19.1. The van der Waals surface area contributed by atoms with E-state index in [1.54, 1.807) is 19.3 Å². The van der Waals surface area contributed by atoms with E-state index in [4.69, 9.17) is 0 Å². The quantitative estimate of drug-likeness (QED) is 0.816. The minimum atomic E-state index is -0.237. The molecule has 2 aromatic heterocycles. The lowest BCUT2D eigenvalue weighted by atomic mass is 9.77. The standard InChI is InChI=1S/C20H25N5O2/c1-14(26)24-12-15-5-7-16(8-6-15)19(17-4-2-3-9-22-17)25-20(27)18-13-21-10-11-23-18/h2-4,9-11,13,15-16,19H,5-8,12H2,1H3,(H,24,26)(H,25,27)/t15?,16?,19-/m1/s1. The Morgan fingerprint density at radius 3 is 2.56 bits per heavy atom. The molecule has 7 nitrogen and oxygen atoms in total. The topological polar surface area (TPSA) is 96.9 Å². The van der Waals surface area contributed by atoms with Gasteiger partial charge in [-0.05, 0) is 49.7 Å². The summed E-state index contributed by atoms with van der Waals surface area (Å²) < 4.78 is 0. The minimum absolute atomic E-state index is 0.0136. The fourth-order valence-electron chi connectivity index (χ4n) is 3.64. The predicted molar refractivity (Wildman–Crippen MR) is 101 cm³/mol. The normalized spacial score (nSPS) is 20.5. The molecular weight excluding hydrogens is 342 g/mol. The van der Waals surface area contributed by atoms with Crippen molar-refractivity contribution in [3.8, 4) is 0 Å². The van der Waals surface area contributed by atoms with Crippen molar-refractivity contribution in [1.29, 1.82) is 0 Å². The Morgan fingerprint density at radius 2 is 1.93 bits per heavy atom. The molecule has 0 aromatic carbocycles. The summed E-state index contributed by atoms with van der Waals surface area (Å²) in [6, 6.07) is 5.59. The largest absolute Gasteiger partial charge is 0.356 e. The minimum Gasteiger partial charge on any atom is -0.356 e. The number of nitrogens with zero attached hydrogens (tertiary/aromatic N) is 3. The fraction of sp³-hybridized carbons (Fsp3) is 0.450. The van der Waals surface area contributed by atoms with Gasteiger partial charge in [-0.1, -0.05) is 6.07 Å². The Kier molecular flexibility index (Phi) is 6.46. The van der Waals surface area contributed by atoms with Crippen molar-refractivity contribution in [2.45, 2.75) is 38.6 Å². The van der Waals surface area contributed by atoms with Gasteiger partial charge in [-0.3, -0.25) is 19.6 Å². The van der Waals surface area contributed by atoms with Crippen LogP contribution in [-0.2, 0) is 4.79 Å². The van der Waals surface area contributed by atoms with E-state index in [2.05, 4.69) is 25.6 Å². The predicted octanol–water partition coefficient (Wildman–Crippen LogP) is 2.29. The van der Waals surface area contributed by atoms with Gasteiger partial charge in [0.1, 0.15) is 5.69 Å². The highest BCUT2D eigenvalue weighted by Gasteiger charge is 2.31. The number of nitrogens with one attached hydrogen (secondary N) is 2. The van der Waals surface area contributed by atoms with Gasteiger partial charge in [0.2, 0.25) is 5.91 Å². The molecule has 0 radical (unpaired) electrons. The molecule has 2 amide bonds. The summed E-state index contributed by atoms with van der Waals surface area (Å²) in [4.78, 5) is 36.3. The third kappa shape index (κ3) is 5.32. The summed E-state index contributed by atoms with van der Waals surface area (Å²) in [5.41, 5.74) is 1.16. The molecule has 1 aliphatic rings. The number of carbonyl (C=O) groups is 2. The molecule has 2 heterocycles. The van der Waals surface area contributed by atoms with Gasteiger partial charge in [0.05, 0.1) is 17.9 Å². The Morgan fingerprint density at radius 1 is 1.11 bits per heavy atom. The van der Waals surface area contributed by atoms with Crippen LogP contribution >= 0.6 is 0 Å². The number of carbonyl (C=O) groups excluding carboxylic acids is 2. The summed E-state index contributed by atoms with van der Waals surface area (Å²) in [6.45, 7) is 2.27. The van der Waals surface area contributed by atoms with Gasteiger partial charge in [0.25, 0.3) is 5.91 Å². The molecule has 7 heteroatoms. The van der Waals surface area contributed by atoms with Crippen molar-refractivity contribution in [1.82, 2.24) is 25.6 Å². The Balaban J connectivity index is 1.68. The van der Waals surface area contributed by atoms with Crippen LogP contribution in [0.3, 0.4) is 0 Å². The zero-order valence-corrected chi connectivity index (χ0v) is 15.5. The lowest BCUT2D eigenvalue weighted by molar-refractivity contribution is -0.119. The van der Waals surface area contributed by atoms with Crippen molar-refractivity contribution in [3.63, 3.8) is 0 Å². The third-order valence-corrected chi connectivity index (χ3v) is 5.09. The van der Waals surface area contributed by atoms with E-state index in [1.165, 1.54) is 12.4 Å². The van der Waals surface area contributed by atoms with Crippen molar-refractivity contribution < 1.29 is 9.59 Å². The molecule has 0 aliphatic heterocycles. The zero-order valence-electron chi connectivity index (χ0n) is 15.5. The van der Waals surface area contributed by atoms with Gasteiger partial charge in [-0.2, -0.15) is 0 Å². The lowest BCUT2D eigenvalue weighted by Gasteiger charge is -2.34. The molecule has 2 aromatic rings. The molecule has 0 bridgehead atoms. The molecule has 2 N–H and O–H groups in total. The van der Waals surface area contributed by atoms with Crippen molar-refractivity contribution in [3.05, 3.63) is 54.4 Å². The summed E-state index contributed by atoms with van der Waals surface area (Å²) in [5.74, 6) is 0.568. The first kappa shape index (κ1) is 18.9. The first-order valence-electron chi connectivity index (χ1n) is 9.35. The van der Waals surface area contributed by atoms with E-state index in [0.717, 1.165) is 37.9 Å². The fourth-order valence-corrected chi connectivity index (χ4v) is 3.64. The number of pyridine rings is 1. The van der Waals surface area contributed by atoms with Crippen LogP contribution in [0.25, 0.3) is 0 Å². The molecule has 142 valence electrons. The van der Waals surface area contributed by atoms with Gasteiger partial charge in [-0.15, -0.1) is 0 Å². The average Bonchev–Trinajstić information content (AvgIpc) is 2.72. The average molecular weight is 367 g/mol. The van der Waals surface area contributed by atoms with Crippen LogP contribution in [0.15, 0.2) is 43.0 Å². The molecular formula is C20H25N5O2. The van der Waals surface area contributed by atoms with E-state index in [0.29, 0.717) is 17.5 Å². The maximum atomic E-state index is 12.6. The first-order valence-corrected chi connectivity index (χ1v) is 9.35. The van der Waals surface area contributed by atoms with Gasteiger partial charge in [0.15, 0.2) is 0 Å². The number of aromatic nitrogens is 3. The Labute approximate surface area is 159 Å². The van der Waals surface area contributed by atoms with Crippen LogP contribution in [0, 0.1) is 11.8 Å². The van der Waals surface area contributed by atoms with Crippen molar-refractivity contribution in [2.75, 3.05) is 6.54 Å². The second-order valence-electron chi connectivity index (χ2n) is 7.01. The van der Waals surface area contributed by atoms with Crippen LogP contribution in [0.2, 0.25) is 0 Å². The molecule has 1 saturated carbocycles. The van der Waals surface area contributed by atoms with E-state index in [-0.39, 0.29) is 17.9 Å². The van der Waals surface area contributed by atoms with E-state index < -0.39 is 0 Å². The molecule has 27 heavy (non-hydrogen) atoms. The van der Waals surface area contributed by atoms with E-state index >= 15 is 0 Å². The van der Waals surface area contributed by atoms with Crippen molar-refractivity contribution in [2.24, 2.45) is 11.8 Å². The number of amides is 2. The monoisotopic (exact) mass is 367 g/mol. The molecule has 0 spiro atoms. The van der Waals surface area contributed by atoms with E-state index in [9.17, 15) is 9.59 Å². The van der Waals surface area contributed by atoms with Crippen molar-refractivity contribution >= 4 is 11.8 Å². The second kappa shape index (κ2) is 9.21. The van der Waals surface area contributed by atoms with Gasteiger partial charge in [0, 0.05) is 32.1 Å². The SMILES string of the molecule is CC(=O)NCC1CCC([C@@H](NC(=O)c2cnccn2)c2ccccn2)CC1. The smallest absolute Gasteiger partial charge is 0.272 e. The van der Waals surface area contributed by atoms with Gasteiger partial charge >= 0.3 is 0 Å². The van der Waals surface area contributed by atoms with Crippen LogP contribution in [0.4, 0.5) is 0 Å². The highest BCUT2D eigenvalue weighted by atomic mass is 16.2. The van der Waals surface area contributed by atoms with Crippen LogP contribution in [0.5, 0.6) is 0 Å². The number of hydrogen-bond donors (Lipinski definition) is 2. The molecule has 1 fully saturated rings. The Bertz CT molecular complexity index is 745. The third-order valence-electron chi connectivity index (χ3n) is 5.09. The number of hydrogen-bond acceptors (Lipinski definition) is 5. The molecule has 0 saturated heterocycles. The number of rotatable bonds is 6. The molecule has 1 atom stereocenters. The van der Waals surface area contributed by atoms with E-state index in [1.807, 2.05) is 18.2 Å². The summed E-state index contributed by atoms with van der Waals surface area (Å²) in [5, 5.41) is 6.02. The second-order valence-corrected chi connectivity index (χ2v) is 7.01. The van der Waals surface area contributed by atoms with Crippen LogP contribution in [-0.4, -0.2) is 33.3 Å². The van der Waals surface area contributed by atoms with Crippen LogP contribution < -0.4 is 10.6 Å². The highest BCUT2D eigenvalue weighted by Crippen LogP contribution is 2.36. The van der Waals surface area contributed by atoms with Gasteiger partial charge in [-0.25, -0.2) is 4.98 Å². The first-order chi connectivity index (χ1) is 13.1. The summed E-state index contributed by atoms with van der Waals surface area (Å²) in [7, 11) is 0. The molecule has 0 unspecified atom stereocenters. The Hall–Kier alpha value is -2.83. The maximum Gasteiger partial charge on any atom is 0.272 e. The highest BCUT2D eigenvalue weighted by molar-refractivity contribution is 5.92. The van der Waals surface area contributed by atoms with Gasteiger partial charge < -0.3 is 10.6 Å². The summed E-state index contributed by atoms with van der Waals surface area (Å²) in [6.07, 6.45) is 10.3. The molecule has 1 aliphatic carbocycles. The maximum absolute atomic E-state index is 12.6.